The molecule has 1 N–H and O–H groups in total. The maximum absolute atomic E-state index is 3.99. The van der Waals surface area contributed by atoms with Crippen molar-refractivity contribution in [2.24, 2.45) is 0 Å². The molecule has 4 unspecified atom stereocenters. The summed E-state index contributed by atoms with van der Waals surface area (Å²) in [5.41, 5.74) is 3.14. The van der Waals surface area contributed by atoms with Gasteiger partial charge in [-0.3, -0.25) is 0 Å². The van der Waals surface area contributed by atoms with E-state index in [1.165, 1.54) is 38.5 Å². The molecule has 1 saturated carbocycles. The Morgan fingerprint density at radius 3 is 2.65 bits per heavy atom. The Morgan fingerprint density at radius 1 is 1.05 bits per heavy atom. The molecular formula is C18H27NS. The summed E-state index contributed by atoms with van der Waals surface area (Å²) in [6, 6.07) is 10.4. The fraction of sp³-hybridized carbons (Fsp3) is 0.667. The Morgan fingerprint density at radius 2 is 1.85 bits per heavy atom. The highest BCUT2D eigenvalue weighted by Gasteiger charge is 2.28. The minimum atomic E-state index is 0.591. The third-order valence-corrected chi connectivity index (χ3v) is 6.28. The van der Waals surface area contributed by atoms with E-state index in [2.05, 4.69) is 54.5 Å². The standard InChI is InChI=1S/C18H27NS/c1-13-10-11-18(17-9-4-3-8-16(13)17)19-14-6-5-7-15(12-14)20-2/h3-4,8-9,13-15,18-19H,5-7,10-12H2,1-2H3. The van der Waals surface area contributed by atoms with Crippen LogP contribution in [0.5, 0.6) is 0 Å². The molecule has 110 valence electrons. The number of nitrogens with one attached hydrogen (secondary N) is 1. The number of benzene rings is 1. The molecule has 0 radical (unpaired) electrons. The van der Waals surface area contributed by atoms with Gasteiger partial charge in [-0.05, 0) is 55.4 Å². The van der Waals surface area contributed by atoms with Crippen LogP contribution >= 0.6 is 11.8 Å². The topological polar surface area (TPSA) is 12.0 Å². The molecular weight excluding hydrogens is 262 g/mol. The monoisotopic (exact) mass is 289 g/mol. The van der Waals surface area contributed by atoms with Gasteiger partial charge in [0, 0.05) is 17.3 Å². The lowest BCUT2D eigenvalue weighted by molar-refractivity contribution is 0.319. The third-order valence-electron chi connectivity index (χ3n) is 5.19. The third kappa shape index (κ3) is 3.07. The fourth-order valence-corrected chi connectivity index (χ4v) is 4.80. The molecule has 0 aromatic heterocycles. The molecule has 0 heterocycles. The smallest absolute Gasteiger partial charge is 0.0325 e. The van der Waals surface area contributed by atoms with Crippen LogP contribution < -0.4 is 5.32 Å². The van der Waals surface area contributed by atoms with E-state index >= 15 is 0 Å². The molecule has 4 atom stereocenters. The van der Waals surface area contributed by atoms with E-state index in [9.17, 15) is 0 Å². The van der Waals surface area contributed by atoms with Gasteiger partial charge < -0.3 is 5.32 Å². The second-order valence-electron chi connectivity index (χ2n) is 6.55. The minimum Gasteiger partial charge on any atom is -0.307 e. The molecule has 0 saturated heterocycles. The number of hydrogen-bond donors (Lipinski definition) is 1. The second kappa shape index (κ2) is 6.53. The quantitative estimate of drug-likeness (QED) is 0.850. The van der Waals surface area contributed by atoms with Gasteiger partial charge in [0.15, 0.2) is 0 Å². The Labute approximate surface area is 127 Å². The highest BCUT2D eigenvalue weighted by Crippen LogP contribution is 2.38. The van der Waals surface area contributed by atoms with E-state index in [4.69, 9.17) is 0 Å². The van der Waals surface area contributed by atoms with Gasteiger partial charge in [-0.15, -0.1) is 0 Å². The largest absolute Gasteiger partial charge is 0.307 e. The summed E-state index contributed by atoms with van der Waals surface area (Å²) >= 11 is 2.06. The maximum atomic E-state index is 3.99. The first-order valence-corrected chi connectivity index (χ1v) is 9.44. The van der Waals surface area contributed by atoms with Crippen LogP contribution in [-0.2, 0) is 0 Å². The van der Waals surface area contributed by atoms with Crippen molar-refractivity contribution in [1.29, 1.82) is 0 Å². The van der Waals surface area contributed by atoms with Crippen LogP contribution in [-0.4, -0.2) is 17.5 Å². The lowest BCUT2D eigenvalue weighted by Crippen LogP contribution is -2.39. The van der Waals surface area contributed by atoms with Crippen LogP contribution in [0.15, 0.2) is 24.3 Å². The van der Waals surface area contributed by atoms with Crippen molar-refractivity contribution in [3.05, 3.63) is 35.4 Å². The van der Waals surface area contributed by atoms with Crippen molar-refractivity contribution in [3.8, 4) is 0 Å². The lowest BCUT2D eigenvalue weighted by atomic mass is 9.80. The number of thioether (sulfide) groups is 1. The Bertz CT molecular complexity index is 445. The molecule has 1 fully saturated rings. The molecule has 1 aromatic rings. The first-order chi connectivity index (χ1) is 9.78. The summed E-state index contributed by atoms with van der Waals surface area (Å²) in [5.74, 6) is 0.731. The molecule has 1 aromatic carbocycles. The molecule has 2 aliphatic carbocycles. The van der Waals surface area contributed by atoms with Crippen molar-refractivity contribution in [1.82, 2.24) is 5.32 Å². The zero-order valence-corrected chi connectivity index (χ0v) is 13.6. The van der Waals surface area contributed by atoms with E-state index in [1.54, 1.807) is 11.1 Å². The van der Waals surface area contributed by atoms with Crippen LogP contribution in [0.25, 0.3) is 0 Å². The van der Waals surface area contributed by atoms with Crippen molar-refractivity contribution in [2.45, 2.75) is 68.7 Å². The first kappa shape index (κ1) is 14.5. The first-order valence-electron chi connectivity index (χ1n) is 8.15. The average Bonchev–Trinajstić information content (AvgIpc) is 2.51. The molecule has 0 spiro atoms. The summed E-state index contributed by atoms with van der Waals surface area (Å²) in [5, 5.41) is 4.86. The van der Waals surface area contributed by atoms with E-state index in [-0.39, 0.29) is 0 Å². The van der Waals surface area contributed by atoms with Crippen LogP contribution in [0.4, 0.5) is 0 Å². The van der Waals surface area contributed by atoms with Crippen LogP contribution in [0.3, 0.4) is 0 Å². The van der Waals surface area contributed by atoms with E-state index in [0.717, 1.165) is 17.2 Å². The van der Waals surface area contributed by atoms with Crippen molar-refractivity contribution >= 4 is 11.8 Å². The minimum absolute atomic E-state index is 0.591. The molecule has 0 aliphatic heterocycles. The molecule has 0 amide bonds. The zero-order valence-electron chi connectivity index (χ0n) is 12.8. The number of hydrogen-bond acceptors (Lipinski definition) is 2. The average molecular weight is 289 g/mol. The van der Waals surface area contributed by atoms with Gasteiger partial charge in [-0.25, -0.2) is 0 Å². The van der Waals surface area contributed by atoms with E-state index < -0.39 is 0 Å². The van der Waals surface area contributed by atoms with Crippen molar-refractivity contribution in [3.63, 3.8) is 0 Å². The summed E-state index contributed by atoms with van der Waals surface area (Å²) in [7, 11) is 0. The maximum Gasteiger partial charge on any atom is 0.0325 e. The summed E-state index contributed by atoms with van der Waals surface area (Å²) in [4.78, 5) is 0. The van der Waals surface area contributed by atoms with Crippen molar-refractivity contribution in [2.75, 3.05) is 6.26 Å². The second-order valence-corrected chi connectivity index (χ2v) is 7.69. The summed E-state index contributed by atoms with van der Waals surface area (Å²) < 4.78 is 0. The summed E-state index contributed by atoms with van der Waals surface area (Å²) in [6.07, 6.45) is 10.4. The van der Waals surface area contributed by atoms with Gasteiger partial charge in [0.2, 0.25) is 0 Å². The van der Waals surface area contributed by atoms with Gasteiger partial charge in [-0.1, -0.05) is 37.6 Å². The molecule has 0 bridgehead atoms. The zero-order chi connectivity index (χ0) is 13.9. The SMILES string of the molecule is CSC1CCCC(NC2CCC(C)c3ccccc32)C1. The highest BCUT2D eigenvalue weighted by molar-refractivity contribution is 7.99. The number of fused-ring (bicyclic) bond motifs is 1. The predicted octanol–water partition coefficient (Wildman–Crippen LogP) is 4.89. The number of rotatable bonds is 3. The van der Waals surface area contributed by atoms with E-state index in [1.807, 2.05) is 0 Å². The van der Waals surface area contributed by atoms with Crippen LogP contribution in [0.2, 0.25) is 0 Å². The van der Waals surface area contributed by atoms with Crippen LogP contribution in [0, 0.1) is 0 Å². The normalized spacial score (nSPS) is 33.7. The van der Waals surface area contributed by atoms with Crippen LogP contribution in [0.1, 0.15) is 68.5 Å². The molecule has 1 nitrogen and oxygen atoms in total. The Balaban J connectivity index is 1.70. The van der Waals surface area contributed by atoms with Gasteiger partial charge in [-0.2, -0.15) is 11.8 Å². The van der Waals surface area contributed by atoms with E-state index in [0.29, 0.717) is 6.04 Å². The summed E-state index contributed by atoms with van der Waals surface area (Å²) in [6.45, 7) is 2.37. The molecule has 2 aliphatic rings. The lowest BCUT2D eigenvalue weighted by Gasteiger charge is -2.36. The Hall–Kier alpha value is -0.470. The van der Waals surface area contributed by atoms with Gasteiger partial charge >= 0.3 is 0 Å². The fourth-order valence-electron chi connectivity index (χ4n) is 3.97. The molecule has 3 rings (SSSR count). The van der Waals surface area contributed by atoms with Gasteiger partial charge in [0.25, 0.3) is 0 Å². The molecule has 2 heteroatoms. The van der Waals surface area contributed by atoms with Gasteiger partial charge in [0.1, 0.15) is 0 Å². The predicted molar refractivity (Wildman–Crippen MR) is 89.5 cm³/mol. The van der Waals surface area contributed by atoms with Crippen molar-refractivity contribution < 1.29 is 0 Å². The highest BCUT2D eigenvalue weighted by atomic mass is 32.2. The molecule has 20 heavy (non-hydrogen) atoms. The van der Waals surface area contributed by atoms with Gasteiger partial charge in [0.05, 0.1) is 0 Å². The Kier molecular flexibility index (Phi) is 4.72.